The van der Waals surface area contributed by atoms with Crippen molar-refractivity contribution >= 4 is 12.1 Å². The van der Waals surface area contributed by atoms with Gasteiger partial charge in [0.15, 0.2) is 0 Å². The third kappa shape index (κ3) is 5.26. The number of hydrogen-bond acceptors (Lipinski definition) is 4. The topological polar surface area (TPSA) is 66.6 Å². The van der Waals surface area contributed by atoms with Gasteiger partial charge in [0.25, 0.3) is 5.91 Å². The number of halogens is 1. The summed E-state index contributed by atoms with van der Waals surface area (Å²) in [7, 11) is 0. The number of nitrogens with one attached hydrogen (secondary N) is 2. The Morgan fingerprint density at radius 2 is 1.92 bits per heavy atom. The van der Waals surface area contributed by atoms with E-state index in [1.165, 1.54) is 37.6 Å². The van der Waals surface area contributed by atoms with Crippen LogP contribution in [0, 0.1) is 5.82 Å². The van der Waals surface area contributed by atoms with E-state index in [-0.39, 0.29) is 18.3 Å². The van der Waals surface area contributed by atoms with Crippen LogP contribution in [0.15, 0.2) is 45.9 Å². The van der Waals surface area contributed by atoms with Gasteiger partial charge < -0.3 is 9.73 Å². The number of rotatable bonds is 6. The Labute approximate surface area is 146 Å². The molecule has 3 rings (SSSR count). The minimum atomic E-state index is -0.290. The third-order valence-electron chi connectivity index (χ3n) is 4.29. The smallest absolute Gasteiger partial charge is 0.254 e. The molecule has 0 radical (unpaired) electrons. The Morgan fingerprint density at radius 1 is 1.16 bits per heavy atom. The minimum Gasteiger partial charge on any atom is -0.455 e. The molecule has 0 unspecified atom stereocenters. The van der Waals surface area contributed by atoms with E-state index in [1.54, 1.807) is 24.3 Å². The summed E-state index contributed by atoms with van der Waals surface area (Å²) in [4.78, 5) is 11.8. The van der Waals surface area contributed by atoms with Gasteiger partial charge in [-0.15, -0.1) is 0 Å². The van der Waals surface area contributed by atoms with E-state index in [4.69, 9.17) is 4.42 Å². The van der Waals surface area contributed by atoms with Crippen molar-refractivity contribution in [2.45, 2.75) is 38.1 Å². The van der Waals surface area contributed by atoms with Gasteiger partial charge in [0.1, 0.15) is 17.3 Å². The van der Waals surface area contributed by atoms with E-state index >= 15 is 0 Å². The molecule has 1 heterocycles. The summed E-state index contributed by atoms with van der Waals surface area (Å²) in [6.07, 6.45) is 7.46. The second-order valence-corrected chi connectivity index (χ2v) is 6.22. The average Bonchev–Trinajstić information content (AvgIpc) is 3.10. The zero-order chi connectivity index (χ0) is 17.5. The van der Waals surface area contributed by atoms with Crippen molar-refractivity contribution in [2.75, 3.05) is 6.54 Å². The first-order valence-corrected chi connectivity index (χ1v) is 8.62. The summed E-state index contributed by atoms with van der Waals surface area (Å²) in [6, 6.07) is 10.0. The molecule has 5 nitrogen and oxygen atoms in total. The Bertz CT molecular complexity index is 719. The van der Waals surface area contributed by atoms with Crippen LogP contribution in [0.5, 0.6) is 0 Å². The molecule has 1 aromatic carbocycles. The highest BCUT2D eigenvalue weighted by Gasteiger charge is 2.13. The fraction of sp³-hybridized carbons (Fsp3) is 0.368. The molecule has 1 fully saturated rings. The first-order valence-electron chi connectivity index (χ1n) is 8.62. The lowest BCUT2D eigenvalue weighted by Gasteiger charge is -2.22. The Balaban J connectivity index is 1.45. The maximum Gasteiger partial charge on any atom is 0.254 e. The average molecular weight is 343 g/mol. The Morgan fingerprint density at radius 3 is 2.68 bits per heavy atom. The van der Waals surface area contributed by atoms with Crippen molar-refractivity contribution in [3.05, 3.63) is 48.0 Å². The number of carbonyl (C=O) groups is 1. The summed E-state index contributed by atoms with van der Waals surface area (Å²) < 4.78 is 18.5. The van der Waals surface area contributed by atoms with Crippen molar-refractivity contribution in [1.29, 1.82) is 0 Å². The van der Waals surface area contributed by atoms with Gasteiger partial charge in [-0.3, -0.25) is 4.79 Å². The molecule has 132 valence electrons. The van der Waals surface area contributed by atoms with Crippen LogP contribution in [0.25, 0.3) is 11.3 Å². The van der Waals surface area contributed by atoms with Crippen LogP contribution in [0.2, 0.25) is 0 Å². The molecule has 0 bridgehead atoms. The predicted octanol–water partition coefficient (Wildman–Crippen LogP) is 3.46. The molecule has 1 amide bonds. The largest absolute Gasteiger partial charge is 0.455 e. The molecule has 1 aliphatic rings. The molecule has 0 spiro atoms. The van der Waals surface area contributed by atoms with Crippen molar-refractivity contribution in [3.8, 4) is 11.3 Å². The van der Waals surface area contributed by atoms with Gasteiger partial charge in [0, 0.05) is 11.6 Å². The summed E-state index contributed by atoms with van der Waals surface area (Å²) in [6.45, 7) is 0.265. The number of furan rings is 1. The van der Waals surface area contributed by atoms with Crippen LogP contribution < -0.4 is 10.7 Å². The SMILES string of the molecule is O=C(CNC1CCCCC1)N/N=C\c1ccc(-c2ccc(F)cc2)o1. The maximum absolute atomic E-state index is 12.9. The van der Waals surface area contributed by atoms with Crippen molar-refractivity contribution < 1.29 is 13.6 Å². The highest BCUT2D eigenvalue weighted by Crippen LogP contribution is 2.21. The number of amides is 1. The molecule has 25 heavy (non-hydrogen) atoms. The fourth-order valence-corrected chi connectivity index (χ4v) is 2.94. The molecule has 0 atom stereocenters. The first-order chi connectivity index (χ1) is 12.2. The highest BCUT2D eigenvalue weighted by atomic mass is 19.1. The minimum absolute atomic E-state index is 0.174. The fourth-order valence-electron chi connectivity index (χ4n) is 2.94. The number of benzene rings is 1. The summed E-state index contributed by atoms with van der Waals surface area (Å²) in [5.41, 5.74) is 3.27. The monoisotopic (exact) mass is 343 g/mol. The van der Waals surface area contributed by atoms with Crippen LogP contribution in [-0.2, 0) is 4.79 Å². The zero-order valence-electron chi connectivity index (χ0n) is 14.0. The van der Waals surface area contributed by atoms with Gasteiger partial charge >= 0.3 is 0 Å². The summed E-state index contributed by atoms with van der Waals surface area (Å²) >= 11 is 0. The lowest BCUT2D eigenvalue weighted by molar-refractivity contribution is -0.120. The van der Waals surface area contributed by atoms with E-state index in [0.29, 0.717) is 17.6 Å². The van der Waals surface area contributed by atoms with E-state index in [0.717, 1.165) is 18.4 Å². The highest BCUT2D eigenvalue weighted by molar-refractivity contribution is 5.82. The van der Waals surface area contributed by atoms with Crippen molar-refractivity contribution in [1.82, 2.24) is 10.7 Å². The zero-order valence-corrected chi connectivity index (χ0v) is 14.0. The quantitative estimate of drug-likeness (QED) is 0.623. The van der Waals surface area contributed by atoms with Gasteiger partial charge in [-0.1, -0.05) is 19.3 Å². The van der Waals surface area contributed by atoms with Gasteiger partial charge in [0.2, 0.25) is 0 Å². The summed E-state index contributed by atoms with van der Waals surface area (Å²) in [5, 5.41) is 7.17. The molecular formula is C19H22FN3O2. The van der Waals surface area contributed by atoms with E-state index < -0.39 is 0 Å². The lowest BCUT2D eigenvalue weighted by atomic mass is 9.95. The van der Waals surface area contributed by atoms with Crippen LogP contribution >= 0.6 is 0 Å². The molecule has 0 saturated heterocycles. The molecule has 2 aromatic rings. The molecule has 1 aliphatic carbocycles. The maximum atomic E-state index is 12.9. The molecule has 0 aliphatic heterocycles. The molecule has 1 aromatic heterocycles. The molecule has 6 heteroatoms. The number of carbonyl (C=O) groups excluding carboxylic acids is 1. The van der Waals surface area contributed by atoms with Gasteiger partial charge in [0.05, 0.1) is 12.8 Å². The van der Waals surface area contributed by atoms with Crippen LogP contribution in [0.3, 0.4) is 0 Å². The van der Waals surface area contributed by atoms with Gasteiger partial charge in [-0.2, -0.15) is 5.10 Å². The first kappa shape index (κ1) is 17.4. The van der Waals surface area contributed by atoms with Gasteiger partial charge in [-0.05, 0) is 49.2 Å². The van der Waals surface area contributed by atoms with E-state index in [9.17, 15) is 9.18 Å². The Hall–Kier alpha value is -2.47. The van der Waals surface area contributed by atoms with Gasteiger partial charge in [-0.25, -0.2) is 9.82 Å². The number of hydrogen-bond donors (Lipinski definition) is 2. The Kier molecular flexibility index (Phi) is 5.95. The number of nitrogens with zero attached hydrogens (tertiary/aromatic N) is 1. The standard InChI is InChI=1S/C19H22FN3O2/c20-15-8-6-14(7-9-15)18-11-10-17(25-18)12-22-23-19(24)13-21-16-4-2-1-3-5-16/h6-12,16,21H,1-5,13H2,(H,23,24)/b22-12-. The molecular weight excluding hydrogens is 321 g/mol. The van der Waals surface area contributed by atoms with Crippen molar-refractivity contribution in [2.24, 2.45) is 5.10 Å². The second kappa shape index (κ2) is 8.58. The molecule has 1 saturated carbocycles. The number of hydrazone groups is 1. The van der Waals surface area contributed by atoms with Crippen molar-refractivity contribution in [3.63, 3.8) is 0 Å². The van der Waals surface area contributed by atoms with E-state index in [2.05, 4.69) is 15.8 Å². The normalized spacial score (nSPS) is 15.6. The van der Waals surface area contributed by atoms with Crippen LogP contribution in [0.1, 0.15) is 37.9 Å². The third-order valence-corrected chi connectivity index (χ3v) is 4.29. The summed E-state index contributed by atoms with van der Waals surface area (Å²) in [5.74, 6) is 0.667. The molecule has 2 N–H and O–H groups in total. The van der Waals surface area contributed by atoms with Crippen LogP contribution in [-0.4, -0.2) is 24.7 Å². The lowest BCUT2D eigenvalue weighted by Crippen LogP contribution is -2.38. The van der Waals surface area contributed by atoms with E-state index in [1.807, 2.05) is 0 Å². The van der Waals surface area contributed by atoms with Crippen LogP contribution in [0.4, 0.5) is 4.39 Å². The second-order valence-electron chi connectivity index (χ2n) is 6.22. The predicted molar refractivity (Wildman–Crippen MR) is 94.7 cm³/mol.